The highest BCUT2D eigenvalue weighted by Gasteiger charge is 2.42. The Labute approximate surface area is 218 Å². The van der Waals surface area contributed by atoms with Crippen LogP contribution in [0.4, 0.5) is 27.9 Å². The summed E-state index contributed by atoms with van der Waals surface area (Å²) in [5, 5.41) is 3.02. The lowest BCUT2D eigenvalue weighted by molar-refractivity contribution is -0.274. The van der Waals surface area contributed by atoms with Gasteiger partial charge in [-0.3, -0.25) is 5.32 Å². The minimum Gasteiger partial charge on any atom is -0.479 e. The van der Waals surface area contributed by atoms with Crippen molar-refractivity contribution >= 4 is 39.0 Å². The van der Waals surface area contributed by atoms with Crippen molar-refractivity contribution in [3.8, 4) is 11.6 Å². The number of nitrogens with zero attached hydrogens (tertiary/aromatic N) is 4. The summed E-state index contributed by atoms with van der Waals surface area (Å²) in [5.74, 6) is -0.0957. The van der Waals surface area contributed by atoms with E-state index >= 15 is 0 Å². The summed E-state index contributed by atoms with van der Waals surface area (Å²) < 4.78 is 57.3. The number of methoxy groups -OCH3 is 1. The predicted octanol–water partition coefficient (Wildman–Crippen LogP) is 4.78. The van der Waals surface area contributed by atoms with Crippen LogP contribution in [-0.4, -0.2) is 70.8 Å². The summed E-state index contributed by atoms with van der Waals surface area (Å²) >= 11 is 1.15. The molecule has 4 rings (SSSR count). The number of hydrogen-bond acceptors (Lipinski definition) is 10. The first-order chi connectivity index (χ1) is 18.1. The minimum absolute atomic E-state index is 0.0203. The Bertz CT molecular complexity index is 1290. The molecule has 15 heteroatoms. The third-order valence-electron chi connectivity index (χ3n) is 5.64. The van der Waals surface area contributed by atoms with Crippen LogP contribution in [0.15, 0.2) is 30.6 Å². The Morgan fingerprint density at radius 1 is 1.21 bits per heavy atom. The van der Waals surface area contributed by atoms with E-state index in [9.17, 15) is 22.8 Å². The van der Waals surface area contributed by atoms with Gasteiger partial charge in [-0.05, 0) is 37.5 Å². The van der Waals surface area contributed by atoms with Crippen molar-refractivity contribution in [2.24, 2.45) is 0 Å². The number of benzene rings is 1. The molecule has 38 heavy (non-hydrogen) atoms. The molecular formula is C23H24F3N5O6S. The third-order valence-corrected chi connectivity index (χ3v) is 6.52. The van der Waals surface area contributed by atoms with E-state index in [1.165, 1.54) is 42.6 Å². The number of fused-ring (bicyclic) bond motifs is 1. The molecule has 204 valence electrons. The van der Waals surface area contributed by atoms with Gasteiger partial charge in [0.15, 0.2) is 15.5 Å². The summed E-state index contributed by atoms with van der Waals surface area (Å²) in [6, 6.07) is 4.79. The number of hydrogen-bond donors (Lipinski definition) is 1. The fraction of sp³-hybridized carbons (Fsp3) is 0.435. The number of carbonyl (C=O) groups excluding carboxylic acids is 2. The Hall–Kier alpha value is -3.88. The van der Waals surface area contributed by atoms with Crippen molar-refractivity contribution < 1.29 is 41.7 Å². The van der Waals surface area contributed by atoms with E-state index in [0.29, 0.717) is 35.3 Å². The van der Waals surface area contributed by atoms with E-state index in [0.717, 1.165) is 11.3 Å². The first-order valence-electron chi connectivity index (χ1n) is 11.5. The molecule has 0 radical (unpaired) electrons. The van der Waals surface area contributed by atoms with Gasteiger partial charge in [0.1, 0.15) is 17.7 Å². The van der Waals surface area contributed by atoms with Crippen molar-refractivity contribution in [3.05, 3.63) is 36.2 Å². The van der Waals surface area contributed by atoms with Crippen molar-refractivity contribution in [3.63, 3.8) is 0 Å². The van der Waals surface area contributed by atoms with Crippen LogP contribution in [0.1, 0.15) is 25.3 Å². The molecule has 1 saturated heterocycles. The number of anilines is 1. The van der Waals surface area contributed by atoms with E-state index in [1.54, 1.807) is 6.92 Å². The zero-order valence-corrected chi connectivity index (χ0v) is 21.2. The van der Waals surface area contributed by atoms with Gasteiger partial charge >= 0.3 is 18.5 Å². The van der Waals surface area contributed by atoms with Gasteiger partial charge in [-0.1, -0.05) is 23.5 Å². The molecule has 3 heterocycles. The van der Waals surface area contributed by atoms with Gasteiger partial charge in [-0.2, -0.15) is 4.98 Å². The second kappa shape index (κ2) is 11.2. The Balaban J connectivity index is 1.51. The van der Waals surface area contributed by atoms with Crippen LogP contribution in [0, 0.1) is 0 Å². The van der Waals surface area contributed by atoms with Gasteiger partial charge in [0.2, 0.25) is 5.88 Å². The second-order valence-corrected chi connectivity index (χ2v) is 9.33. The summed E-state index contributed by atoms with van der Waals surface area (Å²) in [6.07, 6.45) is -3.34. The van der Waals surface area contributed by atoms with Crippen LogP contribution in [0.2, 0.25) is 0 Å². The number of likely N-dealkylation sites (tertiary alicyclic amines) is 1. The number of nitrogens with one attached hydrogen (secondary N) is 1. The Kier molecular flexibility index (Phi) is 8.04. The normalized spacial score (nSPS) is 17.7. The van der Waals surface area contributed by atoms with Gasteiger partial charge in [-0.15, -0.1) is 13.2 Å². The lowest BCUT2D eigenvalue weighted by Gasteiger charge is -2.41. The number of halogens is 3. The van der Waals surface area contributed by atoms with Gasteiger partial charge in [0.05, 0.1) is 20.3 Å². The summed E-state index contributed by atoms with van der Waals surface area (Å²) in [4.78, 5) is 39.9. The molecular weight excluding hydrogens is 531 g/mol. The number of urea groups is 1. The molecule has 11 nitrogen and oxygen atoms in total. The highest BCUT2D eigenvalue weighted by atomic mass is 32.1. The predicted molar refractivity (Wildman–Crippen MR) is 129 cm³/mol. The molecule has 0 bridgehead atoms. The number of thiazole rings is 1. The lowest BCUT2D eigenvalue weighted by Crippen LogP contribution is -2.54. The fourth-order valence-corrected chi connectivity index (χ4v) is 4.94. The molecule has 1 fully saturated rings. The van der Waals surface area contributed by atoms with Gasteiger partial charge in [0, 0.05) is 13.0 Å². The van der Waals surface area contributed by atoms with Crippen molar-refractivity contribution in [1.82, 2.24) is 19.9 Å². The minimum atomic E-state index is -4.81. The SMILES string of the molecule is CCOC(=O)OC1(Cc2ccc(OC(F)(F)F)cc2)CCCN(C(=O)Nc2nc3c(OC)ncnc3s2)C1. The number of carbonyl (C=O) groups is 2. The molecule has 1 unspecified atom stereocenters. The number of aromatic nitrogens is 3. The smallest absolute Gasteiger partial charge is 0.479 e. The molecule has 1 aromatic carbocycles. The maximum absolute atomic E-state index is 13.1. The largest absolute Gasteiger partial charge is 0.573 e. The van der Waals surface area contributed by atoms with Gasteiger partial charge in [0.25, 0.3) is 0 Å². The summed E-state index contributed by atoms with van der Waals surface area (Å²) in [7, 11) is 1.45. The van der Waals surface area contributed by atoms with E-state index in [2.05, 4.69) is 25.0 Å². The van der Waals surface area contributed by atoms with Crippen LogP contribution in [0.25, 0.3) is 10.3 Å². The first kappa shape index (κ1) is 27.2. The highest BCUT2D eigenvalue weighted by Crippen LogP contribution is 2.33. The van der Waals surface area contributed by atoms with E-state index < -0.39 is 24.1 Å². The van der Waals surface area contributed by atoms with Gasteiger partial charge < -0.3 is 23.8 Å². The first-order valence-corrected chi connectivity index (χ1v) is 12.3. The summed E-state index contributed by atoms with van der Waals surface area (Å²) in [6.45, 7) is 2.12. The maximum Gasteiger partial charge on any atom is 0.573 e. The van der Waals surface area contributed by atoms with Gasteiger partial charge in [-0.25, -0.2) is 19.6 Å². The lowest BCUT2D eigenvalue weighted by atomic mass is 9.86. The molecule has 1 aliphatic rings. The second-order valence-electron chi connectivity index (χ2n) is 8.35. The number of piperidine rings is 1. The molecule has 0 spiro atoms. The van der Waals surface area contributed by atoms with Crippen molar-refractivity contribution in [1.29, 1.82) is 0 Å². The van der Waals surface area contributed by atoms with E-state index in [4.69, 9.17) is 14.2 Å². The average molecular weight is 556 g/mol. The zero-order chi connectivity index (χ0) is 27.3. The Morgan fingerprint density at radius 3 is 2.66 bits per heavy atom. The molecule has 2 aromatic heterocycles. The molecule has 0 aliphatic carbocycles. The number of rotatable bonds is 7. The quantitative estimate of drug-likeness (QED) is 0.410. The zero-order valence-electron chi connectivity index (χ0n) is 20.4. The van der Waals surface area contributed by atoms with Crippen LogP contribution in [0.3, 0.4) is 0 Å². The molecule has 1 N–H and O–H groups in total. The third kappa shape index (κ3) is 6.70. The summed E-state index contributed by atoms with van der Waals surface area (Å²) in [5.41, 5.74) is -0.175. The average Bonchev–Trinajstić information content (AvgIpc) is 3.27. The molecule has 2 amide bonds. The molecule has 1 aliphatic heterocycles. The van der Waals surface area contributed by atoms with Crippen LogP contribution in [-0.2, 0) is 15.9 Å². The van der Waals surface area contributed by atoms with Crippen molar-refractivity contribution in [2.45, 2.75) is 38.1 Å². The monoisotopic (exact) mass is 555 g/mol. The van der Waals surface area contributed by atoms with Crippen LogP contribution >= 0.6 is 11.3 Å². The van der Waals surface area contributed by atoms with E-state index in [-0.39, 0.29) is 36.3 Å². The topological polar surface area (TPSA) is 125 Å². The van der Waals surface area contributed by atoms with Crippen LogP contribution in [0.5, 0.6) is 11.6 Å². The van der Waals surface area contributed by atoms with Crippen molar-refractivity contribution in [2.75, 3.05) is 32.1 Å². The van der Waals surface area contributed by atoms with Crippen LogP contribution < -0.4 is 14.8 Å². The standard InChI is InChI=1S/C23H24F3N5O6S/c1-3-35-21(33)37-22(11-14-5-7-15(8-6-14)36-23(24,25)26)9-4-10-31(12-22)20(32)30-19-29-16-17(34-2)27-13-28-18(16)38-19/h5-8,13H,3-4,9-12H2,1-2H3,(H,29,30,32). The fourth-order valence-electron chi connectivity index (χ4n) is 4.15. The van der Waals surface area contributed by atoms with E-state index in [1.807, 2.05) is 0 Å². The molecule has 0 saturated carbocycles. The Morgan fingerprint density at radius 2 is 1.97 bits per heavy atom. The highest BCUT2D eigenvalue weighted by molar-refractivity contribution is 7.22. The number of amides is 2. The number of alkyl halides is 3. The maximum atomic E-state index is 13.1. The molecule has 1 atom stereocenters. The number of ether oxygens (including phenoxy) is 4. The molecule has 3 aromatic rings.